The topological polar surface area (TPSA) is 44.7 Å². The molecule has 140 valence electrons. The maximum atomic E-state index is 12.0. The zero-order valence-electron chi connectivity index (χ0n) is 16.1. The van der Waals surface area contributed by atoms with Gasteiger partial charge in [0.15, 0.2) is 0 Å². The summed E-state index contributed by atoms with van der Waals surface area (Å²) in [5.41, 5.74) is 10.8. The largest absolute Gasteiger partial charge is 0.363 e. The molecule has 0 aromatic heterocycles. The van der Waals surface area contributed by atoms with E-state index in [9.17, 15) is 4.79 Å². The lowest BCUT2D eigenvalue weighted by molar-refractivity contribution is 0.0955. The van der Waals surface area contributed by atoms with Crippen molar-refractivity contribution in [2.24, 2.45) is 5.10 Å². The Hall–Kier alpha value is -3.40. The fraction of sp³-hybridized carbons (Fsp3) is 0.167. The van der Waals surface area contributed by atoms with Gasteiger partial charge in [-0.1, -0.05) is 42.5 Å². The molecule has 0 bridgehead atoms. The van der Waals surface area contributed by atoms with Gasteiger partial charge in [-0.3, -0.25) is 4.79 Å². The molecule has 0 saturated heterocycles. The summed E-state index contributed by atoms with van der Waals surface area (Å²) in [6.45, 7) is 6.22. The first kappa shape index (κ1) is 18.0. The molecule has 1 N–H and O–H groups in total. The van der Waals surface area contributed by atoms with E-state index in [-0.39, 0.29) is 5.91 Å². The van der Waals surface area contributed by atoms with Crippen molar-refractivity contribution < 1.29 is 4.79 Å². The number of rotatable bonds is 4. The fourth-order valence-electron chi connectivity index (χ4n) is 3.47. The van der Waals surface area contributed by atoms with E-state index in [4.69, 9.17) is 0 Å². The number of hydrazone groups is 1. The highest BCUT2D eigenvalue weighted by Gasteiger charge is 2.19. The maximum absolute atomic E-state index is 12.0. The smallest absolute Gasteiger partial charge is 0.271 e. The Morgan fingerprint density at radius 1 is 0.929 bits per heavy atom. The Morgan fingerprint density at radius 3 is 2.14 bits per heavy atom. The third-order valence-corrected chi connectivity index (χ3v) is 5.21. The van der Waals surface area contributed by atoms with E-state index in [1.54, 1.807) is 18.3 Å². The SMILES string of the molecule is Cc1cc2c(cc1C)CN(c1ccc(/C=N\NC(=O)c3ccccc3)cc1)C2. The first-order valence-electron chi connectivity index (χ1n) is 9.42. The minimum atomic E-state index is -0.214. The van der Waals surface area contributed by atoms with Crippen LogP contribution in [-0.4, -0.2) is 12.1 Å². The number of nitrogens with zero attached hydrogens (tertiary/aromatic N) is 2. The van der Waals surface area contributed by atoms with Crippen LogP contribution < -0.4 is 10.3 Å². The number of hydrogen-bond acceptors (Lipinski definition) is 3. The standard InChI is InChI=1S/C24H23N3O/c1-17-12-21-15-27(16-22(21)13-18(17)2)23-10-8-19(9-11-23)14-25-26-24(28)20-6-4-3-5-7-20/h3-14H,15-16H2,1-2H3,(H,26,28)/b25-14-. The Kier molecular flexibility index (Phi) is 4.94. The van der Waals surface area contributed by atoms with E-state index in [0.29, 0.717) is 5.56 Å². The Balaban J connectivity index is 1.39. The van der Waals surface area contributed by atoms with Crippen LogP contribution in [-0.2, 0) is 13.1 Å². The number of hydrogen-bond donors (Lipinski definition) is 1. The molecule has 0 unspecified atom stereocenters. The molecule has 0 spiro atoms. The molecular formula is C24H23N3O. The van der Waals surface area contributed by atoms with Crippen molar-refractivity contribution in [3.05, 3.63) is 100 Å². The molecule has 4 nitrogen and oxygen atoms in total. The summed E-state index contributed by atoms with van der Waals surface area (Å²) in [5.74, 6) is -0.214. The summed E-state index contributed by atoms with van der Waals surface area (Å²) in [7, 11) is 0. The molecule has 0 aliphatic carbocycles. The lowest BCUT2D eigenvalue weighted by atomic mass is 10.0. The second-order valence-electron chi connectivity index (χ2n) is 7.22. The Labute approximate surface area is 165 Å². The van der Waals surface area contributed by atoms with Crippen LogP contribution >= 0.6 is 0 Å². The summed E-state index contributed by atoms with van der Waals surface area (Å²) in [4.78, 5) is 14.4. The van der Waals surface area contributed by atoms with Crippen molar-refractivity contribution in [3.8, 4) is 0 Å². The molecule has 4 rings (SSSR count). The average molecular weight is 369 g/mol. The first-order valence-corrected chi connectivity index (χ1v) is 9.42. The molecule has 1 aliphatic rings. The molecule has 0 fully saturated rings. The Bertz CT molecular complexity index is 993. The summed E-state index contributed by atoms with van der Waals surface area (Å²) < 4.78 is 0. The van der Waals surface area contributed by atoms with E-state index in [0.717, 1.165) is 18.7 Å². The van der Waals surface area contributed by atoms with Gasteiger partial charge in [0.1, 0.15) is 0 Å². The van der Waals surface area contributed by atoms with E-state index in [1.807, 2.05) is 30.3 Å². The second-order valence-corrected chi connectivity index (χ2v) is 7.22. The fourth-order valence-corrected chi connectivity index (χ4v) is 3.47. The van der Waals surface area contributed by atoms with Crippen LogP contribution in [0.1, 0.15) is 38.2 Å². The molecular weight excluding hydrogens is 346 g/mol. The number of benzene rings is 3. The van der Waals surface area contributed by atoms with E-state index in [2.05, 4.69) is 53.5 Å². The first-order chi connectivity index (χ1) is 13.6. The normalized spacial score (nSPS) is 13.0. The van der Waals surface area contributed by atoms with Gasteiger partial charge in [-0.15, -0.1) is 0 Å². The van der Waals surface area contributed by atoms with Crippen molar-refractivity contribution in [2.45, 2.75) is 26.9 Å². The van der Waals surface area contributed by atoms with Crippen LogP contribution in [0.5, 0.6) is 0 Å². The van der Waals surface area contributed by atoms with Crippen LogP contribution in [0.2, 0.25) is 0 Å². The van der Waals surface area contributed by atoms with Crippen LogP contribution in [0.25, 0.3) is 0 Å². The number of carbonyl (C=O) groups is 1. The number of nitrogens with one attached hydrogen (secondary N) is 1. The van der Waals surface area contributed by atoms with Gasteiger partial charge in [-0.25, -0.2) is 5.43 Å². The average Bonchev–Trinajstić information content (AvgIpc) is 3.12. The highest BCUT2D eigenvalue weighted by molar-refractivity contribution is 5.94. The van der Waals surface area contributed by atoms with Crippen LogP contribution in [0.4, 0.5) is 5.69 Å². The highest BCUT2D eigenvalue weighted by Crippen LogP contribution is 2.30. The summed E-state index contributed by atoms with van der Waals surface area (Å²) >= 11 is 0. The lowest BCUT2D eigenvalue weighted by Crippen LogP contribution is -2.17. The van der Waals surface area contributed by atoms with Gasteiger partial charge < -0.3 is 4.90 Å². The van der Waals surface area contributed by atoms with Crippen LogP contribution in [0, 0.1) is 13.8 Å². The zero-order valence-corrected chi connectivity index (χ0v) is 16.1. The quantitative estimate of drug-likeness (QED) is 0.540. The third kappa shape index (κ3) is 3.81. The molecule has 3 aromatic rings. The number of amides is 1. The number of fused-ring (bicyclic) bond motifs is 1. The molecule has 1 aliphatic heterocycles. The molecule has 28 heavy (non-hydrogen) atoms. The van der Waals surface area contributed by atoms with Crippen LogP contribution in [0.15, 0.2) is 71.8 Å². The molecule has 4 heteroatoms. The summed E-state index contributed by atoms with van der Waals surface area (Å²) in [6.07, 6.45) is 1.66. The van der Waals surface area contributed by atoms with Crippen molar-refractivity contribution in [3.63, 3.8) is 0 Å². The summed E-state index contributed by atoms with van der Waals surface area (Å²) in [5, 5.41) is 4.06. The van der Waals surface area contributed by atoms with Crippen molar-refractivity contribution in [1.82, 2.24) is 5.43 Å². The lowest BCUT2D eigenvalue weighted by Gasteiger charge is -2.17. The third-order valence-electron chi connectivity index (χ3n) is 5.21. The number of anilines is 1. The molecule has 0 radical (unpaired) electrons. The van der Waals surface area contributed by atoms with Crippen molar-refractivity contribution in [2.75, 3.05) is 4.90 Å². The van der Waals surface area contributed by atoms with Gasteiger partial charge in [0.25, 0.3) is 5.91 Å². The minimum Gasteiger partial charge on any atom is -0.363 e. The zero-order chi connectivity index (χ0) is 19.5. The number of aryl methyl sites for hydroxylation is 2. The van der Waals surface area contributed by atoms with Gasteiger partial charge in [-0.05, 0) is 65.9 Å². The molecule has 3 aromatic carbocycles. The molecule has 1 amide bonds. The van der Waals surface area contributed by atoms with Gasteiger partial charge in [0.05, 0.1) is 6.21 Å². The summed E-state index contributed by atoms with van der Waals surface area (Å²) in [6, 6.07) is 21.9. The van der Waals surface area contributed by atoms with Crippen molar-refractivity contribution in [1.29, 1.82) is 0 Å². The highest BCUT2D eigenvalue weighted by atomic mass is 16.2. The van der Waals surface area contributed by atoms with E-state index >= 15 is 0 Å². The minimum absolute atomic E-state index is 0.214. The van der Waals surface area contributed by atoms with E-state index in [1.165, 1.54) is 27.9 Å². The van der Waals surface area contributed by atoms with Crippen LogP contribution in [0.3, 0.4) is 0 Å². The molecule has 0 saturated carbocycles. The Morgan fingerprint density at radius 2 is 1.54 bits per heavy atom. The number of carbonyl (C=O) groups excluding carboxylic acids is 1. The van der Waals surface area contributed by atoms with E-state index < -0.39 is 0 Å². The van der Waals surface area contributed by atoms with Gasteiger partial charge in [-0.2, -0.15) is 5.10 Å². The van der Waals surface area contributed by atoms with Gasteiger partial charge in [0, 0.05) is 24.3 Å². The monoisotopic (exact) mass is 369 g/mol. The predicted molar refractivity (Wildman–Crippen MR) is 114 cm³/mol. The van der Waals surface area contributed by atoms with Gasteiger partial charge >= 0.3 is 0 Å². The second kappa shape index (κ2) is 7.69. The van der Waals surface area contributed by atoms with Gasteiger partial charge in [0.2, 0.25) is 0 Å². The maximum Gasteiger partial charge on any atom is 0.271 e. The predicted octanol–water partition coefficient (Wildman–Crippen LogP) is 4.59. The molecule has 0 atom stereocenters. The van der Waals surface area contributed by atoms with Crippen molar-refractivity contribution >= 4 is 17.8 Å². The molecule has 1 heterocycles.